The van der Waals surface area contributed by atoms with Gasteiger partial charge in [-0.1, -0.05) is 29.7 Å². The number of benzene rings is 1. The van der Waals surface area contributed by atoms with E-state index in [1.54, 1.807) is 6.20 Å². The van der Waals surface area contributed by atoms with E-state index in [0.29, 0.717) is 0 Å². The van der Waals surface area contributed by atoms with Gasteiger partial charge in [-0.25, -0.2) is 0 Å². The zero-order valence-corrected chi connectivity index (χ0v) is 6.49. The molecule has 0 saturated heterocycles. The lowest BCUT2D eigenvalue weighted by molar-refractivity contribution is 1.09. The van der Waals surface area contributed by atoms with Crippen molar-refractivity contribution in [1.29, 1.82) is 0 Å². The van der Waals surface area contributed by atoms with Crippen LogP contribution in [-0.4, -0.2) is 18.0 Å². The molecule has 3 heteroatoms. The fraction of sp³-hybridized carbons (Fsp3) is 0. The number of H-pyrrole nitrogens is 1. The summed E-state index contributed by atoms with van der Waals surface area (Å²) in [7, 11) is 5.56. The van der Waals surface area contributed by atoms with Crippen molar-refractivity contribution >= 4 is 13.3 Å². The van der Waals surface area contributed by atoms with Gasteiger partial charge in [0, 0.05) is 11.8 Å². The Bertz CT molecular complexity index is 351. The maximum absolute atomic E-state index is 5.56. The van der Waals surface area contributed by atoms with E-state index in [-0.39, 0.29) is 0 Å². The molecule has 0 spiro atoms. The van der Waals surface area contributed by atoms with Crippen molar-refractivity contribution in [3.8, 4) is 11.1 Å². The molecule has 0 fully saturated rings. The van der Waals surface area contributed by atoms with Crippen molar-refractivity contribution in [1.82, 2.24) is 10.2 Å². The molecule has 1 aromatic carbocycles. The van der Waals surface area contributed by atoms with Crippen LogP contribution >= 0.6 is 0 Å². The van der Waals surface area contributed by atoms with Gasteiger partial charge in [0.2, 0.25) is 0 Å². The number of rotatable bonds is 1. The minimum atomic E-state index is 0.780. The Morgan fingerprint density at radius 3 is 2.42 bits per heavy atom. The summed E-state index contributed by atoms with van der Waals surface area (Å²) < 4.78 is 0. The van der Waals surface area contributed by atoms with Gasteiger partial charge in [-0.05, 0) is 5.56 Å². The Labute approximate surface area is 72.0 Å². The summed E-state index contributed by atoms with van der Waals surface area (Å²) >= 11 is 0. The Hall–Kier alpha value is -1.51. The molecular weight excluding hydrogens is 147 g/mol. The first kappa shape index (κ1) is 7.16. The van der Waals surface area contributed by atoms with E-state index < -0.39 is 0 Å². The van der Waals surface area contributed by atoms with Crippen molar-refractivity contribution in [3.05, 3.63) is 36.7 Å². The molecule has 0 unspecified atom stereocenters. The van der Waals surface area contributed by atoms with Gasteiger partial charge in [0.15, 0.2) is 0 Å². The van der Waals surface area contributed by atoms with Crippen molar-refractivity contribution < 1.29 is 0 Å². The lowest BCUT2D eigenvalue weighted by Gasteiger charge is -1.96. The van der Waals surface area contributed by atoms with E-state index in [1.165, 1.54) is 0 Å². The molecule has 0 aliphatic heterocycles. The predicted molar refractivity (Wildman–Crippen MR) is 49.4 cm³/mol. The number of hydrogen-bond donors (Lipinski definition) is 1. The molecule has 2 radical (unpaired) electrons. The molecule has 0 amide bonds. The smallest absolute Gasteiger partial charge is 0.113 e. The number of aromatic nitrogens is 2. The second kappa shape index (κ2) is 2.85. The third-order valence-electron chi connectivity index (χ3n) is 1.74. The van der Waals surface area contributed by atoms with Gasteiger partial charge in [0.25, 0.3) is 0 Å². The highest BCUT2D eigenvalue weighted by molar-refractivity contribution is 6.32. The van der Waals surface area contributed by atoms with Crippen LogP contribution in [0.3, 0.4) is 0 Å². The lowest BCUT2D eigenvalue weighted by Crippen LogP contribution is -1.98. The summed E-state index contributed by atoms with van der Waals surface area (Å²) in [6, 6.07) is 7.70. The first-order valence-corrected chi connectivity index (χ1v) is 3.71. The molecule has 1 N–H and O–H groups in total. The van der Waals surface area contributed by atoms with Crippen LogP contribution < -0.4 is 5.46 Å². The van der Waals surface area contributed by atoms with Crippen LogP contribution in [0.4, 0.5) is 0 Å². The summed E-state index contributed by atoms with van der Waals surface area (Å²) in [5.41, 5.74) is 2.98. The highest BCUT2D eigenvalue weighted by Crippen LogP contribution is 2.14. The Balaban J connectivity index is 2.43. The molecule has 0 aliphatic rings. The van der Waals surface area contributed by atoms with Crippen LogP contribution in [0, 0.1) is 0 Å². The minimum Gasteiger partial charge on any atom is -0.285 e. The molecule has 0 saturated carbocycles. The first-order valence-electron chi connectivity index (χ1n) is 3.71. The summed E-state index contributed by atoms with van der Waals surface area (Å²) in [5.74, 6) is 0. The average molecular weight is 154 g/mol. The van der Waals surface area contributed by atoms with Crippen molar-refractivity contribution in [3.63, 3.8) is 0 Å². The van der Waals surface area contributed by atoms with E-state index in [4.69, 9.17) is 7.85 Å². The SMILES string of the molecule is [B]c1ccc(-c2cn[nH]c2)cc1. The molecule has 2 rings (SSSR count). The topological polar surface area (TPSA) is 28.7 Å². The van der Waals surface area contributed by atoms with Gasteiger partial charge < -0.3 is 0 Å². The Morgan fingerprint density at radius 2 is 1.83 bits per heavy atom. The second-order valence-corrected chi connectivity index (χ2v) is 2.61. The zero-order chi connectivity index (χ0) is 8.39. The van der Waals surface area contributed by atoms with Crippen LogP contribution in [0.1, 0.15) is 0 Å². The van der Waals surface area contributed by atoms with Crippen LogP contribution in [-0.2, 0) is 0 Å². The van der Waals surface area contributed by atoms with Gasteiger partial charge in [0.1, 0.15) is 7.85 Å². The van der Waals surface area contributed by atoms with E-state index in [1.807, 2.05) is 30.5 Å². The molecular formula is C9H7BN2. The third-order valence-corrected chi connectivity index (χ3v) is 1.74. The number of nitrogens with zero attached hydrogens (tertiary/aromatic N) is 1. The van der Waals surface area contributed by atoms with Gasteiger partial charge >= 0.3 is 0 Å². The summed E-state index contributed by atoms with van der Waals surface area (Å²) in [5, 5.41) is 6.63. The average Bonchev–Trinajstić information content (AvgIpc) is 2.58. The van der Waals surface area contributed by atoms with Gasteiger partial charge in [0.05, 0.1) is 6.20 Å². The molecule has 2 nitrogen and oxygen atoms in total. The maximum atomic E-state index is 5.56. The van der Waals surface area contributed by atoms with E-state index in [0.717, 1.165) is 16.6 Å². The van der Waals surface area contributed by atoms with Crippen molar-refractivity contribution in [2.45, 2.75) is 0 Å². The normalized spacial score (nSPS) is 10.0. The maximum Gasteiger partial charge on any atom is 0.113 e. The zero-order valence-electron chi connectivity index (χ0n) is 6.49. The van der Waals surface area contributed by atoms with Gasteiger partial charge in [-0.3, -0.25) is 5.10 Å². The molecule has 0 bridgehead atoms. The van der Waals surface area contributed by atoms with Gasteiger partial charge in [-0.2, -0.15) is 5.10 Å². The molecule has 2 aromatic rings. The Kier molecular flexibility index (Phi) is 1.70. The van der Waals surface area contributed by atoms with Crippen molar-refractivity contribution in [2.24, 2.45) is 0 Å². The molecule has 0 aliphatic carbocycles. The van der Waals surface area contributed by atoms with Crippen LogP contribution in [0.15, 0.2) is 36.7 Å². The quantitative estimate of drug-likeness (QED) is 0.606. The largest absolute Gasteiger partial charge is 0.285 e. The molecule has 1 aromatic heterocycles. The molecule has 0 atom stereocenters. The fourth-order valence-electron chi connectivity index (χ4n) is 1.08. The fourth-order valence-corrected chi connectivity index (χ4v) is 1.08. The van der Waals surface area contributed by atoms with E-state index in [2.05, 4.69) is 10.2 Å². The van der Waals surface area contributed by atoms with E-state index in [9.17, 15) is 0 Å². The standard InChI is InChI=1S/C9H7BN2/c10-9-3-1-7(2-4-9)8-5-11-12-6-8/h1-6H,(H,11,12). The highest BCUT2D eigenvalue weighted by Gasteiger charge is 1.95. The summed E-state index contributed by atoms with van der Waals surface area (Å²) in [6.45, 7) is 0. The third kappa shape index (κ3) is 1.26. The number of aromatic amines is 1. The van der Waals surface area contributed by atoms with Gasteiger partial charge in [-0.15, -0.1) is 0 Å². The summed E-state index contributed by atoms with van der Waals surface area (Å²) in [4.78, 5) is 0. The highest BCUT2D eigenvalue weighted by atomic mass is 15.1. The number of nitrogens with one attached hydrogen (secondary N) is 1. The van der Waals surface area contributed by atoms with E-state index >= 15 is 0 Å². The predicted octanol–water partition coefficient (Wildman–Crippen LogP) is 0.870. The Morgan fingerprint density at radius 1 is 1.08 bits per heavy atom. The first-order chi connectivity index (χ1) is 5.86. The second-order valence-electron chi connectivity index (χ2n) is 2.61. The monoisotopic (exact) mass is 154 g/mol. The molecule has 56 valence electrons. The molecule has 1 heterocycles. The van der Waals surface area contributed by atoms with Crippen LogP contribution in [0.25, 0.3) is 11.1 Å². The lowest BCUT2D eigenvalue weighted by atomic mass is 9.94. The summed E-state index contributed by atoms with van der Waals surface area (Å²) in [6.07, 6.45) is 3.64. The molecule has 12 heavy (non-hydrogen) atoms. The van der Waals surface area contributed by atoms with Crippen LogP contribution in [0.2, 0.25) is 0 Å². The minimum absolute atomic E-state index is 0.780. The van der Waals surface area contributed by atoms with Crippen molar-refractivity contribution in [2.75, 3.05) is 0 Å². The van der Waals surface area contributed by atoms with Crippen LogP contribution in [0.5, 0.6) is 0 Å². The number of hydrogen-bond acceptors (Lipinski definition) is 1.